The van der Waals surface area contributed by atoms with E-state index < -0.39 is 0 Å². The standard InChI is InChI=1S/C19H24N2O3/c22-18-11-13(12-21(18)14-5-1-2-6-14)19(23)20-16-9-10-24-17-8-4-3-7-15(16)17/h3-4,7-8,13-14,16H,1-2,5-6,9-12H2,(H,20,23)/t13-,16+/m1/s1. The van der Waals surface area contributed by atoms with Gasteiger partial charge in [0.25, 0.3) is 0 Å². The summed E-state index contributed by atoms with van der Waals surface area (Å²) in [6, 6.07) is 8.20. The van der Waals surface area contributed by atoms with Crippen molar-refractivity contribution in [2.45, 2.75) is 50.6 Å². The number of carbonyl (C=O) groups excluding carboxylic acids is 2. The molecule has 1 saturated carbocycles. The molecular formula is C19H24N2O3. The number of para-hydroxylation sites is 1. The highest BCUT2D eigenvalue weighted by Crippen LogP contribution is 2.33. The molecule has 2 fully saturated rings. The summed E-state index contributed by atoms with van der Waals surface area (Å²) in [7, 11) is 0. The topological polar surface area (TPSA) is 58.6 Å². The number of nitrogens with zero attached hydrogens (tertiary/aromatic N) is 1. The van der Waals surface area contributed by atoms with E-state index in [1.54, 1.807) is 0 Å². The first-order valence-corrected chi connectivity index (χ1v) is 9.04. The molecule has 2 heterocycles. The summed E-state index contributed by atoms with van der Waals surface area (Å²) in [5.41, 5.74) is 1.04. The van der Waals surface area contributed by atoms with Crippen LogP contribution in [-0.2, 0) is 9.59 Å². The number of hydrogen-bond acceptors (Lipinski definition) is 3. The summed E-state index contributed by atoms with van der Waals surface area (Å²) < 4.78 is 5.65. The lowest BCUT2D eigenvalue weighted by atomic mass is 9.99. The maximum atomic E-state index is 12.7. The third kappa shape index (κ3) is 2.87. The van der Waals surface area contributed by atoms with Gasteiger partial charge in [-0.2, -0.15) is 0 Å². The van der Waals surface area contributed by atoms with Crippen LogP contribution in [0.2, 0.25) is 0 Å². The van der Waals surface area contributed by atoms with Crippen molar-refractivity contribution in [2.75, 3.05) is 13.2 Å². The Morgan fingerprint density at radius 2 is 1.96 bits per heavy atom. The van der Waals surface area contributed by atoms with Crippen molar-refractivity contribution < 1.29 is 14.3 Å². The zero-order chi connectivity index (χ0) is 16.5. The van der Waals surface area contributed by atoms with E-state index in [1.165, 1.54) is 12.8 Å². The molecule has 128 valence electrons. The lowest BCUT2D eigenvalue weighted by Gasteiger charge is -2.28. The molecule has 0 bridgehead atoms. The van der Waals surface area contributed by atoms with Gasteiger partial charge in [-0.25, -0.2) is 0 Å². The molecule has 1 saturated heterocycles. The molecule has 4 rings (SSSR count). The van der Waals surface area contributed by atoms with Gasteiger partial charge >= 0.3 is 0 Å². The van der Waals surface area contributed by atoms with Crippen LogP contribution >= 0.6 is 0 Å². The molecule has 0 radical (unpaired) electrons. The van der Waals surface area contributed by atoms with Gasteiger partial charge in [0.05, 0.1) is 18.6 Å². The van der Waals surface area contributed by atoms with Gasteiger partial charge in [0.15, 0.2) is 0 Å². The number of rotatable bonds is 3. The predicted molar refractivity (Wildman–Crippen MR) is 89.5 cm³/mol. The maximum absolute atomic E-state index is 12.7. The molecule has 1 aromatic carbocycles. The number of ether oxygens (including phenoxy) is 1. The second-order valence-corrected chi connectivity index (χ2v) is 7.12. The number of likely N-dealkylation sites (tertiary alicyclic amines) is 1. The third-order valence-corrected chi connectivity index (χ3v) is 5.57. The van der Waals surface area contributed by atoms with Gasteiger partial charge in [-0.3, -0.25) is 9.59 Å². The van der Waals surface area contributed by atoms with E-state index in [2.05, 4.69) is 5.32 Å². The van der Waals surface area contributed by atoms with E-state index in [4.69, 9.17) is 4.74 Å². The van der Waals surface area contributed by atoms with Gasteiger partial charge in [-0.15, -0.1) is 0 Å². The van der Waals surface area contributed by atoms with E-state index in [1.807, 2.05) is 29.2 Å². The summed E-state index contributed by atoms with van der Waals surface area (Å²) in [5, 5.41) is 3.15. The first-order valence-electron chi connectivity index (χ1n) is 9.04. The Kier molecular flexibility index (Phi) is 4.17. The van der Waals surface area contributed by atoms with E-state index in [9.17, 15) is 9.59 Å². The highest BCUT2D eigenvalue weighted by molar-refractivity contribution is 5.89. The first kappa shape index (κ1) is 15.5. The zero-order valence-electron chi connectivity index (χ0n) is 13.9. The summed E-state index contributed by atoms with van der Waals surface area (Å²) in [4.78, 5) is 26.9. The molecule has 2 amide bonds. The van der Waals surface area contributed by atoms with Crippen molar-refractivity contribution in [3.05, 3.63) is 29.8 Å². The smallest absolute Gasteiger partial charge is 0.225 e. The Morgan fingerprint density at radius 1 is 1.17 bits per heavy atom. The monoisotopic (exact) mass is 328 g/mol. The number of fused-ring (bicyclic) bond motifs is 1. The summed E-state index contributed by atoms with van der Waals surface area (Å²) >= 11 is 0. The molecule has 0 unspecified atom stereocenters. The fourth-order valence-corrected chi connectivity index (χ4v) is 4.26. The van der Waals surface area contributed by atoms with Crippen LogP contribution in [0.1, 0.15) is 50.1 Å². The number of amides is 2. The number of nitrogens with one attached hydrogen (secondary N) is 1. The highest BCUT2D eigenvalue weighted by Gasteiger charge is 2.39. The Bertz CT molecular complexity index is 639. The van der Waals surface area contributed by atoms with Crippen molar-refractivity contribution in [1.29, 1.82) is 0 Å². The first-order chi connectivity index (χ1) is 11.7. The second-order valence-electron chi connectivity index (χ2n) is 7.12. The van der Waals surface area contributed by atoms with E-state index >= 15 is 0 Å². The largest absolute Gasteiger partial charge is 0.493 e. The maximum Gasteiger partial charge on any atom is 0.225 e. The quantitative estimate of drug-likeness (QED) is 0.927. The summed E-state index contributed by atoms with van der Waals surface area (Å²) in [6.45, 7) is 1.19. The van der Waals surface area contributed by atoms with Gasteiger partial charge in [0, 0.05) is 31.0 Å². The average molecular weight is 328 g/mol. The van der Waals surface area contributed by atoms with Gasteiger partial charge in [0.1, 0.15) is 5.75 Å². The lowest BCUT2D eigenvalue weighted by molar-refractivity contribution is -0.130. The van der Waals surface area contributed by atoms with E-state index in [-0.39, 0.29) is 23.8 Å². The van der Waals surface area contributed by atoms with Gasteiger partial charge in [0.2, 0.25) is 11.8 Å². The van der Waals surface area contributed by atoms with E-state index in [0.29, 0.717) is 25.6 Å². The third-order valence-electron chi connectivity index (χ3n) is 5.57. The minimum absolute atomic E-state index is 0.00514. The van der Waals surface area contributed by atoms with Crippen molar-refractivity contribution in [2.24, 2.45) is 5.92 Å². The molecule has 2 atom stereocenters. The second kappa shape index (κ2) is 6.46. The van der Waals surface area contributed by atoms with Crippen LogP contribution in [0.5, 0.6) is 5.75 Å². The Labute approximate surface area is 142 Å². The van der Waals surface area contributed by atoms with Crippen LogP contribution in [0.25, 0.3) is 0 Å². The Hall–Kier alpha value is -2.04. The van der Waals surface area contributed by atoms with Crippen LogP contribution in [0.3, 0.4) is 0 Å². The molecule has 0 spiro atoms. The molecule has 1 aromatic rings. The molecule has 24 heavy (non-hydrogen) atoms. The minimum atomic E-state index is -0.215. The summed E-state index contributed by atoms with van der Waals surface area (Å²) in [5.74, 6) is 0.789. The molecule has 1 N–H and O–H groups in total. The van der Waals surface area contributed by atoms with Crippen LogP contribution in [0.4, 0.5) is 0 Å². The molecule has 5 nitrogen and oxygen atoms in total. The molecular weight excluding hydrogens is 304 g/mol. The fourth-order valence-electron chi connectivity index (χ4n) is 4.26. The van der Waals surface area contributed by atoms with Gasteiger partial charge < -0.3 is 15.0 Å². The Balaban J connectivity index is 1.41. The molecule has 5 heteroatoms. The van der Waals surface area contributed by atoms with Crippen molar-refractivity contribution >= 4 is 11.8 Å². The average Bonchev–Trinajstić information content (AvgIpc) is 3.24. The molecule has 1 aliphatic carbocycles. The van der Waals surface area contributed by atoms with Gasteiger partial charge in [-0.1, -0.05) is 31.0 Å². The van der Waals surface area contributed by atoms with Crippen molar-refractivity contribution in [3.8, 4) is 5.75 Å². The minimum Gasteiger partial charge on any atom is -0.493 e. The van der Waals surface area contributed by atoms with Gasteiger partial charge in [-0.05, 0) is 18.9 Å². The molecule has 2 aliphatic heterocycles. The van der Waals surface area contributed by atoms with Crippen LogP contribution < -0.4 is 10.1 Å². The lowest BCUT2D eigenvalue weighted by Crippen LogP contribution is -2.39. The van der Waals surface area contributed by atoms with Crippen LogP contribution in [0, 0.1) is 5.92 Å². The summed E-state index contributed by atoms with van der Waals surface area (Å²) in [6.07, 6.45) is 5.71. The SMILES string of the molecule is O=C(N[C@H]1CCOc2ccccc21)[C@@H]1CC(=O)N(C2CCCC2)C1. The van der Waals surface area contributed by atoms with Crippen LogP contribution in [-0.4, -0.2) is 35.9 Å². The van der Waals surface area contributed by atoms with Crippen molar-refractivity contribution in [1.82, 2.24) is 10.2 Å². The highest BCUT2D eigenvalue weighted by atomic mass is 16.5. The fraction of sp³-hybridized carbons (Fsp3) is 0.579. The molecule has 3 aliphatic rings. The normalized spacial score (nSPS) is 27.0. The van der Waals surface area contributed by atoms with Crippen LogP contribution in [0.15, 0.2) is 24.3 Å². The van der Waals surface area contributed by atoms with E-state index in [0.717, 1.165) is 30.6 Å². The Morgan fingerprint density at radius 3 is 2.79 bits per heavy atom. The number of carbonyl (C=O) groups is 2. The molecule has 0 aromatic heterocycles. The number of benzene rings is 1. The van der Waals surface area contributed by atoms with Crippen molar-refractivity contribution in [3.63, 3.8) is 0 Å². The predicted octanol–water partition coefficient (Wildman–Crippen LogP) is 2.42. The zero-order valence-corrected chi connectivity index (χ0v) is 13.9. The number of hydrogen-bond donors (Lipinski definition) is 1.